The van der Waals surface area contributed by atoms with E-state index in [0.29, 0.717) is 22.2 Å². The van der Waals surface area contributed by atoms with Crippen LogP contribution in [0.2, 0.25) is 5.02 Å². The fraction of sp³-hybridized carbons (Fsp3) is 0.200. The molecular weight excluding hydrogens is 272 g/mol. The normalized spacial score (nSPS) is 11.6. The number of nitrogens with two attached hydrogens (primary N) is 1. The Morgan fingerprint density at radius 1 is 1.58 bits per heavy atom. The van der Waals surface area contributed by atoms with Crippen LogP contribution >= 0.6 is 11.6 Å². The maximum Gasteiger partial charge on any atom is 0.212 e. The summed E-state index contributed by atoms with van der Waals surface area (Å²) in [6.45, 7) is 0.174. The van der Waals surface area contributed by atoms with Crippen LogP contribution in [-0.4, -0.2) is 31.3 Å². The van der Waals surface area contributed by atoms with Gasteiger partial charge in [-0.2, -0.15) is 4.80 Å². The van der Waals surface area contributed by atoms with Crippen molar-refractivity contribution in [1.82, 2.24) is 20.2 Å². The van der Waals surface area contributed by atoms with Crippen molar-refractivity contribution in [2.24, 2.45) is 17.9 Å². The van der Waals surface area contributed by atoms with Crippen LogP contribution < -0.4 is 10.5 Å². The van der Waals surface area contributed by atoms with Crippen molar-refractivity contribution in [1.29, 1.82) is 0 Å². The van der Waals surface area contributed by atoms with Crippen LogP contribution in [0, 0.1) is 0 Å². The highest BCUT2D eigenvalue weighted by Crippen LogP contribution is 2.22. The molecule has 2 rings (SSSR count). The van der Waals surface area contributed by atoms with Crippen LogP contribution in [0.3, 0.4) is 0 Å². The highest BCUT2D eigenvalue weighted by atomic mass is 35.5. The second kappa shape index (κ2) is 5.53. The van der Waals surface area contributed by atoms with Gasteiger partial charge in [0.25, 0.3) is 0 Å². The van der Waals surface area contributed by atoms with Gasteiger partial charge in [0.15, 0.2) is 12.4 Å². The maximum atomic E-state index is 8.58. The molecule has 0 aliphatic rings. The van der Waals surface area contributed by atoms with Crippen LogP contribution in [0.4, 0.5) is 0 Å². The third-order valence-corrected chi connectivity index (χ3v) is 2.55. The van der Waals surface area contributed by atoms with Gasteiger partial charge >= 0.3 is 0 Å². The molecule has 19 heavy (non-hydrogen) atoms. The Bertz CT molecular complexity index is 612. The van der Waals surface area contributed by atoms with Gasteiger partial charge in [-0.1, -0.05) is 16.8 Å². The van der Waals surface area contributed by atoms with Gasteiger partial charge < -0.3 is 15.7 Å². The lowest BCUT2D eigenvalue weighted by Gasteiger charge is -2.06. The number of oxime groups is 1. The van der Waals surface area contributed by atoms with Crippen LogP contribution in [0.25, 0.3) is 0 Å². The standard InChI is InChI=1S/C10H11ClN6O2/c1-17-14-9(13-16-17)5-19-6-2-3-7(8(11)4-6)10(12)15-18/h2-4,18H,5H2,1H3,(H2,12,15). The summed E-state index contributed by atoms with van der Waals surface area (Å²) in [5.74, 6) is 0.915. The first-order chi connectivity index (χ1) is 9.10. The fourth-order valence-corrected chi connectivity index (χ4v) is 1.64. The SMILES string of the molecule is Cn1nnc(COc2ccc(/C(N)=N/O)c(Cl)c2)n1. The lowest BCUT2D eigenvalue weighted by Crippen LogP contribution is -2.13. The molecule has 3 N–H and O–H groups in total. The van der Waals surface area contributed by atoms with Gasteiger partial charge in [0.1, 0.15) is 5.75 Å². The molecule has 100 valence electrons. The molecule has 1 aromatic heterocycles. The Morgan fingerprint density at radius 2 is 2.37 bits per heavy atom. The molecule has 9 heteroatoms. The molecule has 0 atom stereocenters. The first-order valence-corrected chi connectivity index (χ1v) is 5.61. The van der Waals surface area contributed by atoms with Crippen LogP contribution in [0.15, 0.2) is 23.4 Å². The Kier molecular flexibility index (Phi) is 3.81. The van der Waals surface area contributed by atoms with E-state index in [1.165, 1.54) is 4.80 Å². The molecule has 0 amide bonds. The quantitative estimate of drug-likeness (QED) is 0.366. The Balaban J connectivity index is 2.08. The minimum atomic E-state index is -0.0628. The summed E-state index contributed by atoms with van der Waals surface area (Å²) in [5, 5.41) is 23.2. The Hall–Kier alpha value is -2.35. The molecule has 1 heterocycles. The number of tetrazole rings is 1. The maximum absolute atomic E-state index is 8.58. The van der Waals surface area contributed by atoms with Crippen molar-refractivity contribution in [2.45, 2.75) is 6.61 Å². The molecule has 0 aliphatic heterocycles. The highest BCUT2D eigenvalue weighted by molar-refractivity contribution is 6.34. The number of hydrogen-bond donors (Lipinski definition) is 2. The zero-order chi connectivity index (χ0) is 13.8. The molecule has 0 radical (unpaired) electrons. The van der Waals surface area contributed by atoms with E-state index in [-0.39, 0.29) is 12.4 Å². The van der Waals surface area contributed by atoms with Gasteiger partial charge in [0.2, 0.25) is 5.82 Å². The third-order valence-electron chi connectivity index (χ3n) is 2.24. The average Bonchev–Trinajstić information content (AvgIpc) is 2.81. The Labute approximate surface area is 113 Å². The summed E-state index contributed by atoms with van der Waals surface area (Å²) in [6.07, 6.45) is 0. The monoisotopic (exact) mass is 282 g/mol. The summed E-state index contributed by atoms with van der Waals surface area (Å²) in [6, 6.07) is 4.80. The summed E-state index contributed by atoms with van der Waals surface area (Å²) >= 11 is 5.99. The smallest absolute Gasteiger partial charge is 0.212 e. The van der Waals surface area contributed by atoms with Crippen molar-refractivity contribution in [2.75, 3.05) is 0 Å². The third kappa shape index (κ3) is 3.10. The number of amidine groups is 1. The highest BCUT2D eigenvalue weighted by Gasteiger charge is 2.08. The van der Waals surface area contributed by atoms with E-state index >= 15 is 0 Å². The molecule has 0 spiro atoms. The molecule has 8 nitrogen and oxygen atoms in total. The largest absolute Gasteiger partial charge is 0.485 e. The molecule has 1 aromatic carbocycles. The van der Waals surface area contributed by atoms with Crippen LogP contribution in [0.5, 0.6) is 5.75 Å². The number of nitrogens with zero attached hydrogens (tertiary/aromatic N) is 5. The number of benzene rings is 1. The van der Waals surface area contributed by atoms with Gasteiger partial charge in [-0.05, 0) is 23.4 Å². The first-order valence-electron chi connectivity index (χ1n) is 5.23. The predicted molar refractivity (Wildman–Crippen MR) is 67.1 cm³/mol. The van der Waals surface area contributed by atoms with Crippen molar-refractivity contribution >= 4 is 17.4 Å². The number of rotatable bonds is 4. The van der Waals surface area contributed by atoms with E-state index in [9.17, 15) is 0 Å². The topological polar surface area (TPSA) is 111 Å². The summed E-state index contributed by atoms with van der Waals surface area (Å²) in [7, 11) is 1.67. The van der Waals surface area contributed by atoms with Gasteiger partial charge in [-0.15, -0.1) is 10.2 Å². The van der Waals surface area contributed by atoms with E-state index in [1.807, 2.05) is 0 Å². The predicted octanol–water partition coefficient (Wildman–Crippen LogP) is 0.537. The first kappa shape index (κ1) is 13.1. The van der Waals surface area contributed by atoms with Crippen LogP contribution in [-0.2, 0) is 13.7 Å². The van der Waals surface area contributed by atoms with Gasteiger partial charge in [-0.3, -0.25) is 0 Å². The fourth-order valence-electron chi connectivity index (χ4n) is 1.38. The lowest BCUT2D eigenvalue weighted by atomic mass is 10.2. The zero-order valence-corrected chi connectivity index (χ0v) is 10.7. The minimum Gasteiger partial charge on any atom is -0.485 e. The second-order valence-corrected chi connectivity index (χ2v) is 4.02. The molecule has 0 saturated carbocycles. The number of halogens is 1. The zero-order valence-electron chi connectivity index (χ0n) is 9.99. The number of hydrogen-bond acceptors (Lipinski definition) is 6. The van der Waals surface area contributed by atoms with E-state index in [2.05, 4.69) is 20.6 Å². The van der Waals surface area contributed by atoms with Gasteiger partial charge in [0.05, 0.1) is 12.1 Å². The van der Waals surface area contributed by atoms with Gasteiger partial charge in [-0.25, -0.2) is 0 Å². The van der Waals surface area contributed by atoms with E-state index in [1.54, 1.807) is 25.2 Å². The molecule has 2 aromatic rings. The molecule has 0 fully saturated rings. The van der Waals surface area contributed by atoms with E-state index in [4.69, 9.17) is 27.3 Å². The van der Waals surface area contributed by atoms with Crippen molar-refractivity contribution in [3.05, 3.63) is 34.6 Å². The summed E-state index contributed by atoms with van der Waals surface area (Å²) in [4.78, 5) is 1.34. The van der Waals surface area contributed by atoms with E-state index < -0.39 is 0 Å². The molecule has 0 aliphatic carbocycles. The molecule has 0 bridgehead atoms. The summed E-state index contributed by atoms with van der Waals surface area (Å²) in [5.41, 5.74) is 5.88. The van der Waals surface area contributed by atoms with Crippen molar-refractivity contribution < 1.29 is 9.94 Å². The van der Waals surface area contributed by atoms with Gasteiger partial charge in [0, 0.05) is 5.56 Å². The Morgan fingerprint density at radius 3 is 2.95 bits per heavy atom. The number of aromatic nitrogens is 4. The lowest BCUT2D eigenvalue weighted by molar-refractivity contribution is 0.295. The number of ether oxygens (including phenoxy) is 1. The van der Waals surface area contributed by atoms with Crippen LogP contribution in [0.1, 0.15) is 11.4 Å². The van der Waals surface area contributed by atoms with E-state index in [0.717, 1.165) is 0 Å². The average molecular weight is 283 g/mol. The molecular formula is C10H11ClN6O2. The summed E-state index contributed by atoms with van der Waals surface area (Å²) < 4.78 is 5.45. The minimum absolute atomic E-state index is 0.0628. The molecule has 0 unspecified atom stereocenters. The molecule has 0 saturated heterocycles. The van der Waals surface area contributed by atoms with Crippen molar-refractivity contribution in [3.63, 3.8) is 0 Å². The number of aryl methyl sites for hydroxylation is 1. The van der Waals surface area contributed by atoms with Crippen molar-refractivity contribution in [3.8, 4) is 5.75 Å². The second-order valence-electron chi connectivity index (χ2n) is 3.61.